The number of carbonyl (C=O) groups is 1. The highest BCUT2D eigenvalue weighted by molar-refractivity contribution is 9.09. The molecule has 22 heavy (non-hydrogen) atoms. The van der Waals surface area contributed by atoms with Gasteiger partial charge in [-0.2, -0.15) is 0 Å². The fourth-order valence-electron chi connectivity index (χ4n) is 2.07. The minimum atomic E-state index is -0.699. The highest BCUT2D eigenvalue weighted by Gasteiger charge is 2.27. The van der Waals surface area contributed by atoms with Crippen molar-refractivity contribution in [3.63, 3.8) is 0 Å². The van der Waals surface area contributed by atoms with E-state index in [0.29, 0.717) is 12.1 Å². The molecule has 0 heterocycles. The quantitative estimate of drug-likeness (QED) is 0.470. The van der Waals surface area contributed by atoms with Crippen molar-refractivity contribution < 1.29 is 14.6 Å². The first-order chi connectivity index (χ1) is 10.6. The molecule has 0 aliphatic carbocycles. The lowest BCUT2D eigenvalue weighted by molar-refractivity contribution is 0.0600. The van der Waals surface area contributed by atoms with Crippen LogP contribution in [0.4, 0.5) is 0 Å². The number of nitrogens with one attached hydrogen (secondary N) is 1. The normalized spacial score (nSPS) is 13.4. The Labute approximate surface area is 138 Å². The van der Waals surface area contributed by atoms with Crippen LogP contribution in [0.25, 0.3) is 0 Å². The van der Waals surface area contributed by atoms with Gasteiger partial charge in [0.15, 0.2) is 0 Å². The molecule has 116 valence electrons. The number of alkyl halides is 1. The summed E-state index contributed by atoms with van der Waals surface area (Å²) in [5.74, 6) is -0.353. The number of ether oxygens (including phenoxy) is 1. The maximum Gasteiger partial charge on any atom is 0.337 e. The standard InChI is InChI=1S/C17H18BrNO3/c1-22-16(21)14-9-7-13(8-10-14)11-19-17(18,12-20)15-5-3-2-4-6-15/h2-10,19-20H,11-12H2,1H3/t17-/m0/s1. The van der Waals surface area contributed by atoms with Gasteiger partial charge in [0, 0.05) is 6.54 Å². The summed E-state index contributed by atoms with van der Waals surface area (Å²) in [5.41, 5.74) is 2.46. The highest BCUT2D eigenvalue weighted by atomic mass is 79.9. The van der Waals surface area contributed by atoms with Crippen molar-refractivity contribution in [3.05, 3.63) is 71.3 Å². The SMILES string of the molecule is COC(=O)c1ccc(CN[C@@](Br)(CO)c2ccccc2)cc1. The van der Waals surface area contributed by atoms with Gasteiger partial charge in [0.1, 0.15) is 4.45 Å². The number of aliphatic hydroxyl groups excluding tert-OH is 1. The molecule has 0 fully saturated rings. The molecule has 0 aromatic heterocycles. The number of benzene rings is 2. The molecule has 0 radical (unpaired) electrons. The van der Waals surface area contributed by atoms with E-state index in [2.05, 4.69) is 26.0 Å². The summed E-state index contributed by atoms with van der Waals surface area (Å²) in [6, 6.07) is 16.8. The van der Waals surface area contributed by atoms with E-state index in [1.165, 1.54) is 7.11 Å². The van der Waals surface area contributed by atoms with Crippen LogP contribution in [0.2, 0.25) is 0 Å². The Morgan fingerprint density at radius 2 is 1.82 bits per heavy atom. The van der Waals surface area contributed by atoms with Crippen LogP contribution in [-0.2, 0) is 15.7 Å². The van der Waals surface area contributed by atoms with Gasteiger partial charge in [-0.3, -0.25) is 5.32 Å². The average molecular weight is 364 g/mol. The van der Waals surface area contributed by atoms with Gasteiger partial charge in [0.25, 0.3) is 0 Å². The molecule has 0 unspecified atom stereocenters. The second-order valence-electron chi connectivity index (χ2n) is 4.87. The number of rotatable bonds is 6. The molecular weight excluding hydrogens is 346 g/mol. The molecule has 0 spiro atoms. The van der Waals surface area contributed by atoms with Crippen LogP contribution in [0.15, 0.2) is 54.6 Å². The van der Waals surface area contributed by atoms with Crippen LogP contribution in [0, 0.1) is 0 Å². The van der Waals surface area contributed by atoms with Crippen LogP contribution in [0.5, 0.6) is 0 Å². The topological polar surface area (TPSA) is 58.6 Å². The van der Waals surface area contributed by atoms with Crippen molar-refractivity contribution in [2.24, 2.45) is 0 Å². The van der Waals surface area contributed by atoms with Crippen LogP contribution >= 0.6 is 15.9 Å². The maximum atomic E-state index is 11.4. The number of hydrogen-bond donors (Lipinski definition) is 2. The molecule has 2 aromatic rings. The van der Waals surface area contributed by atoms with E-state index in [0.717, 1.165) is 11.1 Å². The van der Waals surface area contributed by atoms with Crippen molar-refractivity contribution in [1.82, 2.24) is 5.32 Å². The minimum Gasteiger partial charge on any atom is -0.465 e. The van der Waals surface area contributed by atoms with E-state index in [9.17, 15) is 9.90 Å². The Morgan fingerprint density at radius 1 is 1.18 bits per heavy atom. The molecule has 2 rings (SSSR count). The lowest BCUT2D eigenvalue weighted by Crippen LogP contribution is -2.39. The smallest absolute Gasteiger partial charge is 0.337 e. The summed E-state index contributed by atoms with van der Waals surface area (Å²) in [5, 5.41) is 13.0. The van der Waals surface area contributed by atoms with E-state index in [-0.39, 0.29) is 12.6 Å². The maximum absolute atomic E-state index is 11.4. The summed E-state index contributed by atoms with van der Waals surface area (Å²) >= 11 is 3.56. The average Bonchev–Trinajstić information content (AvgIpc) is 2.60. The third-order valence-electron chi connectivity index (χ3n) is 3.40. The first-order valence-corrected chi connectivity index (χ1v) is 7.66. The number of hydrogen-bond acceptors (Lipinski definition) is 4. The van der Waals surface area contributed by atoms with Gasteiger partial charge in [-0.25, -0.2) is 4.79 Å². The number of carbonyl (C=O) groups excluding carboxylic acids is 1. The van der Waals surface area contributed by atoms with Crippen LogP contribution < -0.4 is 5.32 Å². The first kappa shape index (κ1) is 16.7. The molecule has 0 amide bonds. The molecule has 0 bridgehead atoms. The third-order valence-corrected chi connectivity index (χ3v) is 4.39. The molecule has 1 atom stereocenters. The van der Waals surface area contributed by atoms with Gasteiger partial charge < -0.3 is 9.84 Å². The Morgan fingerprint density at radius 3 is 2.36 bits per heavy atom. The molecule has 0 aliphatic rings. The highest BCUT2D eigenvalue weighted by Crippen LogP contribution is 2.28. The number of aliphatic hydroxyl groups is 1. The Kier molecular flexibility index (Phi) is 5.71. The molecule has 5 heteroatoms. The third kappa shape index (κ3) is 3.94. The van der Waals surface area contributed by atoms with Crippen molar-refractivity contribution >= 4 is 21.9 Å². The molecule has 4 nitrogen and oxygen atoms in total. The zero-order valence-corrected chi connectivity index (χ0v) is 13.8. The van der Waals surface area contributed by atoms with Gasteiger partial charge in [0.2, 0.25) is 0 Å². The van der Waals surface area contributed by atoms with Crippen LogP contribution in [0.1, 0.15) is 21.5 Å². The predicted molar refractivity (Wildman–Crippen MR) is 88.8 cm³/mol. The summed E-state index contributed by atoms with van der Waals surface area (Å²) in [6.45, 7) is 0.458. The molecule has 0 saturated carbocycles. The Balaban J connectivity index is 2.06. The summed E-state index contributed by atoms with van der Waals surface area (Å²) < 4.78 is 3.97. The molecule has 0 saturated heterocycles. The Hall–Kier alpha value is -1.69. The van der Waals surface area contributed by atoms with Gasteiger partial charge in [-0.1, -0.05) is 58.4 Å². The van der Waals surface area contributed by atoms with E-state index in [1.54, 1.807) is 12.1 Å². The summed E-state index contributed by atoms with van der Waals surface area (Å²) in [4.78, 5) is 11.4. The number of halogens is 1. The van der Waals surface area contributed by atoms with Crippen molar-refractivity contribution in [3.8, 4) is 0 Å². The van der Waals surface area contributed by atoms with Gasteiger partial charge >= 0.3 is 5.97 Å². The fourth-order valence-corrected chi connectivity index (χ4v) is 2.47. The van der Waals surface area contributed by atoms with Crippen LogP contribution in [-0.4, -0.2) is 24.8 Å². The number of methoxy groups -OCH3 is 1. The van der Waals surface area contributed by atoms with E-state index in [4.69, 9.17) is 0 Å². The van der Waals surface area contributed by atoms with Crippen molar-refractivity contribution in [2.75, 3.05) is 13.7 Å². The zero-order chi connectivity index (χ0) is 16.0. The monoisotopic (exact) mass is 363 g/mol. The lowest BCUT2D eigenvalue weighted by atomic mass is 10.1. The van der Waals surface area contributed by atoms with Gasteiger partial charge in [-0.15, -0.1) is 0 Å². The minimum absolute atomic E-state index is 0.0861. The fraction of sp³-hybridized carbons (Fsp3) is 0.235. The predicted octanol–water partition coefficient (Wildman–Crippen LogP) is 2.80. The van der Waals surface area contributed by atoms with Crippen molar-refractivity contribution in [2.45, 2.75) is 11.0 Å². The lowest BCUT2D eigenvalue weighted by Gasteiger charge is -2.27. The van der Waals surface area contributed by atoms with E-state index in [1.807, 2.05) is 42.5 Å². The Bertz CT molecular complexity index is 616. The van der Waals surface area contributed by atoms with E-state index >= 15 is 0 Å². The summed E-state index contributed by atoms with van der Waals surface area (Å²) in [6.07, 6.45) is 0. The first-order valence-electron chi connectivity index (χ1n) is 6.86. The second-order valence-corrected chi connectivity index (χ2v) is 6.22. The molecular formula is C17H18BrNO3. The largest absolute Gasteiger partial charge is 0.465 e. The molecule has 2 aromatic carbocycles. The summed E-state index contributed by atoms with van der Waals surface area (Å²) in [7, 11) is 1.36. The van der Waals surface area contributed by atoms with Crippen molar-refractivity contribution in [1.29, 1.82) is 0 Å². The van der Waals surface area contributed by atoms with Gasteiger partial charge in [0.05, 0.1) is 19.3 Å². The van der Waals surface area contributed by atoms with Crippen LogP contribution in [0.3, 0.4) is 0 Å². The molecule has 2 N–H and O–H groups in total. The molecule has 0 aliphatic heterocycles. The van der Waals surface area contributed by atoms with Gasteiger partial charge in [-0.05, 0) is 23.3 Å². The zero-order valence-electron chi connectivity index (χ0n) is 12.3. The number of esters is 1. The van der Waals surface area contributed by atoms with E-state index < -0.39 is 4.45 Å². The second kappa shape index (κ2) is 7.54.